The number of benzene rings is 2. The Hall–Kier alpha value is -3.38. The largest absolute Gasteiger partial charge is 0.395 e. The van der Waals surface area contributed by atoms with Gasteiger partial charge in [-0.25, -0.2) is 17.2 Å². The molecule has 1 atom stereocenters. The minimum absolute atomic E-state index is 0.200. The van der Waals surface area contributed by atoms with Crippen LogP contribution < -0.4 is 19.8 Å². The van der Waals surface area contributed by atoms with E-state index in [2.05, 4.69) is 14.9 Å². The Balaban J connectivity index is 1.31. The van der Waals surface area contributed by atoms with Crippen LogP contribution in [0.1, 0.15) is 55.8 Å². The van der Waals surface area contributed by atoms with Gasteiger partial charge in [0.2, 0.25) is 10.0 Å². The molecule has 6 rings (SSSR count). The smallest absolute Gasteiger partial charge is 0.255 e. The van der Waals surface area contributed by atoms with Gasteiger partial charge in [-0.15, -0.1) is 0 Å². The van der Waals surface area contributed by atoms with Crippen molar-refractivity contribution in [3.63, 3.8) is 0 Å². The lowest BCUT2D eigenvalue weighted by atomic mass is 9.93. The number of piperidine rings is 2. The molecule has 3 fully saturated rings. The first-order valence-corrected chi connectivity index (χ1v) is 16.5. The van der Waals surface area contributed by atoms with Gasteiger partial charge in [0, 0.05) is 63.2 Å². The number of nitrogens with zero attached hydrogens (tertiary/aromatic N) is 3. The number of alkyl halides is 2. The third-order valence-corrected chi connectivity index (χ3v) is 11.2. The zero-order valence-electron chi connectivity index (χ0n) is 24.6. The lowest BCUT2D eigenvalue weighted by Gasteiger charge is -2.35. The highest BCUT2D eigenvalue weighted by Gasteiger charge is 2.44. The van der Waals surface area contributed by atoms with E-state index in [1.54, 1.807) is 24.3 Å². The molecule has 2 aromatic carbocycles. The number of aromatic nitrogens is 1. The minimum Gasteiger partial charge on any atom is -0.395 e. The molecule has 3 aliphatic rings. The molecule has 1 amide bonds. The first-order chi connectivity index (χ1) is 20.4. The van der Waals surface area contributed by atoms with Crippen LogP contribution in [0.15, 0.2) is 42.6 Å². The van der Waals surface area contributed by atoms with Crippen LogP contribution in [-0.4, -0.2) is 68.0 Å². The number of rotatable bonds is 8. The molecule has 3 aromatic rings. The number of fused-ring (bicyclic) bond motifs is 1. The second kappa shape index (κ2) is 11.0. The first-order valence-electron chi connectivity index (χ1n) is 14.9. The van der Waals surface area contributed by atoms with E-state index in [4.69, 9.17) is 0 Å². The summed E-state index contributed by atoms with van der Waals surface area (Å²) in [6.45, 7) is 2.93. The van der Waals surface area contributed by atoms with E-state index >= 15 is 0 Å². The van der Waals surface area contributed by atoms with Gasteiger partial charge < -0.3 is 24.8 Å². The number of anilines is 4. The Bertz CT molecular complexity index is 1630. The van der Waals surface area contributed by atoms with E-state index in [1.807, 2.05) is 34.8 Å². The van der Waals surface area contributed by atoms with E-state index in [-0.39, 0.29) is 31.8 Å². The van der Waals surface area contributed by atoms with E-state index in [0.717, 1.165) is 48.2 Å². The summed E-state index contributed by atoms with van der Waals surface area (Å²) in [6, 6.07) is 10.5. The highest BCUT2D eigenvalue weighted by molar-refractivity contribution is 7.93. The maximum atomic E-state index is 13.9. The van der Waals surface area contributed by atoms with Crippen LogP contribution in [0.3, 0.4) is 0 Å². The zero-order chi connectivity index (χ0) is 30.6. The molecule has 3 N–H and O–H groups in total. The highest BCUT2D eigenvalue weighted by atomic mass is 32.2. The molecular weight excluding hydrogens is 576 g/mol. The fraction of sp³-hybridized carbons (Fsp3) is 0.516. The van der Waals surface area contributed by atoms with E-state index in [9.17, 15) is 27.1 Å². The number of hydrogen-bond acceptors (Lipinski definition) is 6. The van der Waals surface area contributed by atoms with Crippen molar-refractivity contribution in [1.29, 1.82) is 0 Å². The lowest BCUT2D eigenvalue weighted by molar-refractivity contribution is -0.0220. The van der Waals surface area contributed by atoms with Crippen LogP contribution in [-0.2, 0) is 17.1 Å². The second-order valence-electron chi connectivity index (χ2n) is 12.5. The molecule has 9 nitrogen and oxygen atoms in total. The van der Waals surface area contributed by atoms with Crippen LogP contribution in [0, 0.1) is 5.41 Å². The van der Waals surface area contributed by atoms with Crippen molar-refractivity contribution in [2.45, 2.75) is 56.6 Å². The van der Waals surface area contributed by atoms with Crippen molar-refractivity contribution in [3.05, 3.63) is 48.2 Å². The molecule has 1 aliphatic carbocycles. The van der Waals surface area contributed by atoms with Gasteiger partial charge in [0.1, 0.15) is 5.25 Å². The summed E-state index contributed by atoms with van der Waals surface area (Å²) in [5, 5.41) is 12.3. The average Bonchev–Trinajstić information content (AvgIpc) is 3.63. The number of aryl methyl sites for hydroxylation is 1. The summed E-state index contributed by atoms with van der Waals surface area (Å²) in [5.74, 6) is -3.02. The molecular formula is C31H39F2N5O4S. The molecule has 2 aliphatic heterocycles. The quantitative estimate of drug-likeness (QED) is 0.323. The number of hydrogen-bond donors (Lipinski definition) is 3. The number of aliphatic hydroxyl groups excluding tert-OH is 1. The van der Waals surface area contributed by atoms with Gasteiger partial charge in [0.25, 0.3) is 11.8 Å². The van der Waals surface area contributed by atoms with Crippen molar-refractivity contribution < 1.29 is 27.1 Å². The van der Waals surface area contributed by atoms with Crippen molar-refractivity contribution in [2.75, 3.05) is 52.6 Å². The van der Waals surface area contributed by atoms with Crippen LogP contribution in [0.2, 0.25) is 0 Å². The summed E-state index contributed by atoms with van der Waals surface area (Å²) in [4.78, 5) is 17.9. The molecule has 0 unspecified atom stereocenters. The van der Waals surface area contributed by atoms with E-state index < -0.39 is 27.8 Å². The summed E-state index contributed by atoms with van der Waals surface area (Å²) >= 11 is 0. The Morgan fingerprint density at radius 1 is 0.953 bits per heavy atom. The van der Waals surface area contributed by atoms with Crippen LogP contribution in [0.4, 0.5) is 31.5 Å². The predicted octanol–water partition coefficient (Wildman–Crippen LogP) is 5.17. The number of aliphatic hydroxyl groups is 1. The summed E-state index contributed by atoms with van der Waals surface area (Å²) < 4.78 is 57.7. The summed E-state index contributed by atoms with van der Waals surface area (Å²) in [7, 11) is -1.90. The molecule has 1 spiro atoms. The molecule has 3 heterocycles. The highest BCUT2D eigenvalue weighted by Crippen LogP contribution is 2.54. The van der Waals surface area contributed by atoms with Gasteiger partial charge in [0.05, 0.1) is 34.9 Å². The number of carbonyl (C=O) groups is 1. The van der Waals surface area contributed by atoms with Gasteiger partial charge in [-0.05, 0) is 74.4 Å². The van der Waals surface area contributed by atoms with Crippen LogP contribution >= 0.6 is 0 Å². The fourth-order valence-corrected chi connectivity index (χ4v) is 7.14. The maximum absolute atomic E-state index is 13.9. The molecule has 1 aromatic heterocycles. The van der Waals surface area contributed by atoms with Crippen molar-refractivity contribution in [1.82, 2.24) is 4.57 Å². The Kier molecular flexibility index (Phi) is 7.56. The molecule has 12 heteroatoms. The Morgan fingerprint density at radius 2 is 1.60 bits per heavy atom. The Morgan fingerprint density at radius 3 is 2.26 bits per heavy atom. The normalized spacial score (nSPS) is 20.3. The molecule has 0 bridgehead atoms. The van der Waals surface area contributed by atoms with Gasteiger partial charge in [-0.1, -0.05) is 0 Å². The predicted molar refractivity (Wildman–Crippen MR) is 166 cm³/mol. The van der Waals surface area contributed by atoms with Crippen LogP contribution in [0.25, 0.3) is 10.9 Å². The molecule has 43 heavy (non-hydrogen) atoms. The zero-order valence-corrected chi connectivity index (χ0v) is 25.4. The molecule has 0 radical (unpaired) electrons. The first kappa shape index (κ1) is 29.7. The molecule has 232 valence electrons. The van der Waals surface area contributed by atoms with Gasteiger partial charge in [0.15, 0.2) is 0 Å². The van der Waals surface area contributed by atoms with Crippen molar-refractivity contribution in [3.8, 4) is 0 Å². The number of amides is 1. The number of halogens is 2. The van der Waals surface area contributed by atoms with Crippen molar-refractivity contribution >= 4 is 49.6 Å². The number of sulfonamides is 1. The fourth-order valence-electron chi connectivity index (χ4n) is 6.28. The topological polar surface area (TPSA) is 107 Å². The standard InChI is InChI=1S/C31H39F2N5O4S/c1-21(20-39)43(41,42)35-24-3-4-25(26(19-24)37-13-8-30(6-7-30)9-14-37)34-29(40)23-17-22-5-12-36(2)28(22)27(18-23)38-15-10-31(32,33)11-16-38/h3-5,12,17-19,21,35,39H,6-11,13-16,20H2,1-2H3,(H,34,40)/t21-/m1/s1. The lowest BCUT2D eigenvalue weighted by Crippen LogP contribution is -2.39. The maximum Gasteiger partial charge on any atom is 0.255 e. The Labute approximate surface area is 250 Å². The molecule has 2 saturated heterocycles. The number of carbonyl (C=O) groups excluding carboxylic acids is 1. The van der Waals surface area contributed by atoms with Crippen molar-refractivity contribution in [2.24, 2.45) is 12.5 Å². The minimum atomic E-state index is -3.80. The summed E-state index contributed by atoms with van der Waals surface area (Å²) in [6.07, 6.45) is 5.99. The van der Waals surface area contributed by atoms with Gasteiger partial charge >= 0.3 is 0 Å². The van der Waals surface area contributed by atoms with Gasteiger partial charge in [-0.2, -0.15) is 0 Å². The summed E-state index contributed by atoms with van der Waals surface area (Å²) in [5.41, 5.74) is 4.11. The van der Waals surface area contributed by atoms with E-state index in [0.29, 0.717) is 22.4 Å². The average molecular weight is 616 g/mol. The molecule has 1 saturated carbocycles. The number of nitrogens with one attached hydrogen (secondary N) is 2. The monoisotopic (exact) mass is 615 g/mol. The van der Waals surface area contributed by atoms with E-state index in [1.165, 1.54) is 19.8 Å². The SMILES string of the molecule is C[C@H](CO)S(=O)(=O)Nc1ccc(NC(=O)c2cc(N3CCC(F)(F)CC3)c3c(ccn3C)c2)c(N2CCC3(CC2)CC3)c1. The van der Waals surface area contributed by atoms with Crippen LogP contribution in [0.5, 0.6) is 0 Å². The van der Waals surface area contributed by atoms with Gasteiger partial charge in [-0.3, -0.25) is 9.52 Å². The third kappa shape index (κ3) is 6.04. The second-order valence-corrected chi connectivity index (χ2v) is 14.6. The third-order valence-electron chi connectivity index (χ3n) is 9.46.